The lowest BCUT2D eigenvalue weighted by atomic mass is 9.92. The number of thiophene rings is 1. The van der Waals surface area contributed by atoms with Crippen molar-refractivity contribution in [2.75, 3.05) is 20.8 Å². The Balaban J connectivity index is 1.24. The van der Waals surface area contributed by atoms with E-state index in [1.807, 2.05) is 24.3 Å². The maximum Gasteiger partial charge on any atom is 0.255 e. The van der Waals surface area contributed by atoms with E-state index >= 15 is 0 Å². The smallest absolute Gasteiger partial charge is 0.255 e. The average Bonchev–Trinajstić information content (AvgIpc) is 3.74. The highest BCUT2D eigenvalue weighted by molar-refractivity contribution is 7.22. The number of phenols is 1. The van der Waals surface area contributed by atoms with Gasteiger partial charge in [0, 0.05) is 27.0 Å². The number of phenolic OH excluding ortho intramolecular Hbond substituents is 1. The Morgan fingerprint density at radius 3 is 2.59 bits per heavy atom. The van der Waals surface area contributed by atoms with Gasteiger partial charge in [-0.25, -0.2) is 0 Å². The van der Waals surface area contributed by atoms with Crippen LogP contribution in [0.5, 0.6) is 17.4 Å². The summed E-state index contributed by atoms with van der Waals surface area (Å²) in [6, 6.07) is 15.3. The molecule has 0 aliphatic heterocycles. The molecule has 0 amide bonds. The molecule has 0 spiro atoms. The summed E-state index contributed by atoms with van der Waals surface area (Å²) >= 11 is 1.46. The SMILES string of the molecule is CN(C)[C@H]1CCCCC1Oc1cc(C(=O)c2c(-c3ccc(OCNC4CCCC4)cc3)sc3cc(O)ccc23)on1. The van der Waals surface area contributed by atoms with Crippen molar-refractivity contribution in [1.82, 2.24) is 15.4 Å². The Labute approximate surface area is 244 Å². The first kappa shape index (κ1) is 27.8. The Kier molecular flexibility index (Phi) is 8.27. The third kappa shape index (κ3) is 6.12. The summed E-state index contributed by atoms with van der Waals surface area (Å²) < 4.78 is 18.5. The molecule has 0 saturated heterocycles. The van der Waals surface area contributed by atoms with E-state index in [4.69, 9.17) is 14.0 Å². The molecule has 2 fully saturated rings. The molecule has 0 bridgehead atoms. The summed E-state index contributed by atoms with van der Waals surface area (Å²) in [7, 11) is 4.13. The van der Waals surface area contributed by atoms with Crippen molar-refractivity contribution in [2.45, 2.75) is 69.6 Å². The third-order valence-electron chi connectivity index (χ3n) is 8.30. The number of fused-ring (bicyclic) bond motifs is 1. The number of ether oxygens (including phenoxy) is 2. The summed E-state index contributed by atoms with van der Waals surface area (Å²) in [5, 5.41) is 18.4. The molecular weight excluding hydrogens is 538 g/mol. The number of aromatic hydroxyl groups is 1. The Morgan fingerprint density at radius 1 is 1.05 bits per heavy atom. The molecule has 2 aromatic heterocycles. The second-order valence-electron chi connectivity index (χ2n) is 11.3. The zero-order chi connectivity index (χ0) is 28.3. The average molecular weight is 576 g/mol. The number of ketones is 1. The van der Waals surface area contributed by atoms with E-state index in [1.165, 1.54) is 43.4 Å². The Morgan fingerprint density at radius 2 is 1.80 bits per heavy atom. The van der Waals surface area contributed by atoms with Crippen molar-refractivity contribution in [1.29, 1.82) is 0 Å². The van der Waals surface area contributed by atoms with E-state index in [2.05, 4.69) is 29.5 Å². The standard InChI is InChI=1S/C32H37N3O5S/c1-35(2)25-9-5-6-10-26(25)39-29-18-27(40-34-29)31(37)30-24-16-13-22(36)17-28(24)41-32(30)20-11-14-23(15-12-20)38-19-33-21-7-3-4-8-21/h11-18,21,25-26,33,36H,3-10,19H2,1-2H3/t25-,26?/m0/s1. The predicted octanol–water partition coefficient (Wildman–Crippen LogP) is 6.61. The van der Waals surface area contributed by atoms with Gasteiger partial charge < -0.3 is 24.0 Å². The normalized spacial score (nSPS) is 19.7. The van der Waals surface area contributed by atoms with Crippen LogP contribution >= 0.6 is 11.3 Å². The van der Waals surface area contributed by atoms with Gasteiger partial charge in [0.25, 0.3) is 5.88 Å². The maximum atomic E-state index is 13.9. The minimum atomic E-state index is -0.270. The van der Waals surface area contributed by atoms with Crippen LogP contribution in [0.15, 0.2) is 53.1 Å². The Bertz CT molecular complexity index is 1490. The molecule has 2 aliphatic rings. The van der Waals surface area contributed by atoms with Gasteiger partial charge in [0.05, 0.1) is 11.6 Å². The summed E-state index contributed by atoms with van der Waals surface area (Å²) in [5.41, 5.74) is 1.41. The fraction of sp³-hybridized carbons (Fsp3) is 0.438. The molecular formula is C32H37N3O5S. The zero-order valence-corrected chi connectivity index (χ0v) is 24.4. The van der Waals surface area contributed by atoms with Crippen LogP contribution in [0, 0.1) is 0 Å². The number of nitrogens with one attached hydrogen (secondary N) is 1. The van der Waals surface area contributed by atoms with Crippen molar-refractivity contribution in [3.05, 3.63) is 59.9 Å². The first-order valence-corrected chi connectivity index (χ1v) is 15.3. The molecule has 2 heterocycles. The molecule has 9 heteroatoms. The zero-order valence-electron chi connectivity index (χ0n) is 23.6. The first-order valence-electron chi connectivity index (χ1n) is 14.5. The summed E-state index contributed by atoms with van der Waals surface area (Å²) in [5.74, 6) is 1.11. The lowest BCUT2D eigenvalue weighted by Crippen LogP contribution is -2.44. The van der Waals surface area contributed by atoms with Gasteiger partial charge >= 0.3 is 0 Å². The molecule has 2 aliphatic carbocycles. The number of likely N-dealkylation sites (N-methyl/N-ethyl adjacent to an activating group) is 1. The maximum absolute atomic E-state index is 13.9. The van der Waals surface area contributed by atoms with E-state index in [0.717, 1.165) is 45.5 Å². The van der Waals surface area contributed by atoms with E-state index < -0.39 is 0 Å². The number of hydrogen-bond donors (Lipinski definition) is 2. The van der Waals surface area contributed by atoms with Crippen LogP contribution in [-0.4, -0.2) is 60.0 Å². The van der Waals surface area contributed by atoms with Gasteiger partial charge in [-0.2, -0.15) is 0 Å². The number of carbonyl (C=O) groups is 1. The topological polar surface area (TPSA) is 97.1 Å². The van der Waals surface area contributed by atoms with Crippen LogP contribution < -0.4 is 14.8 Å². The van der Waals surface area contributed by atoms with E-state index in [0.29, 0.717) is 30.3 Å². The molecule has 1 unspecified atom stereocenters. The van der Waals surface area contributed by atoms with Gasteiger partial charge in [0.1, 0.15) is 24.3 Å². The number of rotatable bonds is 10. The predicted molar refractivity (Wildman–Crippen MR) is 160 cm³/mol. The Hall–Kier alpha value is -3.40. The van der Waals surface area contributed by atoms with Crippen molar-refractivity contribution in [3.63, 3.8) is 0 Å². The molecule has 6 rings (SSSR count). The van der Waals surface area contributed by atoms with Crippen LogP contribution in [0.25, 0.3) is 20.5 Å². The lowest BCUT2D eigenvalue weighted by molar-refractivity contribution is 0.0561. The lowest BCUT2D eigenvalue weighted by Gasteiger charge is -2.35. The molecule has 0 radical (unpaired) electrons. The highest BCUT2D eigenvalue weighted by Gasteiger charge is 2.30. The van der Waals surface area contributed by atoms with Gasteiger partial charge in [0.2, 0.25) is 11.5 Å². The number of aromatic nitrogens is 1. The van der Waals surface area contributed by atoms with E-state index in [1.54, 1.807) is 24.3 Å². The fourth-order valence-corrected chi connectivity index (χ4v) is 7.33. The molecule has 8 nitrogen and oxygen atoms in total. The number of hydrogen-bond acceptors (Lipinski definition) is 9. The highest BCUT2D eigenvalue weighted by atomic mass is 32.1. The number of nitrogens with zero attached hydrogens (tertiary/aromatic N) is 2. The summed E-state index contributed by atoms with van der Waals surface area (Å²) in [4.78, 5) is 16.9. The summed E-state index contributed by atoms with van der Waals surface area (Å²) in [6.07, 6.45) is 9.27. The molecule has 41 heavy (non-hydrogen) atoms. The van der Waals surface area contributed by atoms with Gasteiger partial charge in [0.15, 0.2) is 0 Å². The van der Waals surface area contributed by atoms with Crippen molar-refractivity contribution < 1.29 is 23.9 Å². The fourth-order valence-electron chi connectivity index (χ4n) is 6.09. The van der Waals surface area contributed by atoms with Crippen molar-refractivity contribution in [3.8, 4) is 27.8 Å². The summed E-state index contributed by atoms with van der Waals surface area (Å²) in [6.45, 7) is 0.474. The minimum absolute atomic E-state index is 0.00131. The van der Waals surface area contributed by atoms with Crippen molar-refractivity contribution >= 4 is 27.2 Å². The van der Waals surface area contributed by atoms with Crippen LogP contribution in [0.1, 0.15) is 67.5 Å². The van der Waals surface area contributed by atoms with E-state index in [-0.39, 0.29) is 23.4 Å². The van der Waals surface area contributed by atoms with Crippen LogP contribution in [0.2, 0.25) is 0 Å². The largest absolute Gasteiger partial charge is 0.508 e. The number of carbonyl (C=O) groups excluding carboxylic acids is 1. The van der Waals surface area contributed by atoms with Gasteiger partial charge in [-0.1, -0.05) is 19.3 Å². The monoisotopic (exact) mass is 575 g/mol. The molecule has 2 atom stereocenters. The first-order chi connectivity index (χ1) is 20.0. The van der Waals surface area contributed by atoms with Crippen LogP contribution in [-0.2, 0) is 0 Å². The number of benzene rings is 2. The third-order valence-corrected chi connectivity index (χ3v) is 9.50. The second-order valence-corrected chi connectivity index (χ2v) is 12.4. The van der Waals surface area contributed by atoms with Gasteiger partial charge in [-0.05, 0) is 99.4 Å². The molecule has 216 valence electrons. The molecule has 2 aromatic carbocycles. The van der Waals surface area contributed by atoms with Crippen molar-refractivity contribution in [2.24, 2.45) is 0 Å². The van der Waals surface area contributed by atoms with Gasteiger partial charge in [-0.15, -0.1) is 11.3 Å². The highest BCUT2D eigenvalue weighted by Crippen LogP contribution is 2.42. The minimum Gasteiger partial charge on any atom is -0.508 e. The van der Waals surface area contributed by atoms with Gasteiger partial charge in [-0.3, -0.25) is 10.1 Å². The van der Waals surface area contributed by atoms with Crippen LogP contribution in [0.3, 0.4) is 0 Å². The second kappa shape index (κ2) is 12.2. The van der Waals surface area contributed by atoms with Crippen LogP contribution in [0.4, 0.5) is 0 Å². The quantitative estimate of drug-likeness (QED) is 0.161. The molecule has 2 saturated carbocycles. The molecule has 2 N–H and O–H groups in total. The van der Waals surface area contributed by atoms with E-state index in [9.17, 15) is 9.90 Å². The molecule has 4 aromatic rings.